The van der Waals surface area contributed by atoms with E-state index in [2.05, 4.69) is 4.98 Å². The molecule has 0 fully saturated rings. The molecule has 100 valence electrons. The summed E-state index contributed by atoms with van der Waals surface area (Å²) >= 11 is 0. The van der Waals surface area contributed by atoms with Gasteiger partial charge in [-0.05, 0) is 31.2 Å². The number of hydrogen-bond donors (Lipinski definition) is 1. The quantitative estimate of drug-likeness (QED) is 0.728. The fourth-order valence-electron chi connectivity index (χ4n) is 2.46. The minimum absolute atomic E-state index is 0.692. The fourth-order valence-corrected chi connectivity index (χ4v) is 2.46. The molecule has 3 heteroatoms. The Bertz CT molecular complexity index is 787. The molecular weight excluding hydrogens is 250 g/mol. The summed E-state index contributed by atoms with van der Waals surface area (Å²) in [6.45, 7) is 2.02. The summed E-state index contributed by atoms with van der Waals surface area (Å²) in [6.07, 6.45) is 0.910. The van der Waals surface area contributed by atoms with E-state index in [1.54, 1.807) is 7.11 Å². The highest BCUT2D eigenvalue weighted by molar-refractivity contribution is 6.04. The Hall–Kier alpha value is -2.55. The van der Waals surface area contributed by atoms with E-state index in [0.717, 1.165) is 39.8 Å². The van der Waals surface area contributed by atoms with Crippen molar-refractivity contribution in [2.45, 2.75) is 6.92 Å². The predicted octanol–water partition coefficient (Wildman–Crippen LogP) is 3.96. The number of hydrogen-bond acceptors (Lipinski definition) is 2. The average molecular weight is 265 g/mol. The summed E-state index contributed by atoms with van der Waals surface area (Å²) in [7, 11) is 1.63. The maximum atomic E-state index is 11.5. The molecule has 0 aliphatic heterocycles. The summed E-state index contributed by atoms with van der Waals surface area (Å²) in [5.41, 5.74) is 4.57. The van der Waals surface area contributed by atoms with Crippen molar-refractivity contribution in [3.05, 3.63) is 53.6 Å². The van der Waals surface area contributed by atoms with Crippen molar-refractivity contribution in [3.63, 3.8) is 0 Å². The molecule has 0 amide bonds. The summed E-state index contributed by atoms with van der Waals surface area (Å²) in [5, 5.41) is 0.956. The van der Waals surface area contributed by atoms with E-state index in [1.165, 1.54) is 0 Å². The largest absolute Gasteiger partial charge is 0.497 e. The number of rotatable bonds is 3. The van der Waals surface area contributed by atoms with Crippen LogP contribution in [-0.2, 0) is 0 Å². The number of aldehydes is 1. The third-order valence-corrected chi connectivity index (χ3v) is 3.47. The third kappa shape index (κ3) is 1.97. The van der Waals surface area contributed by atoms with Crippen molar-refractivity contribution in [2.24, 2.45) is 0 Å². The zero-order valence-electron chi connectivity index (χ0n) is 11.4. The number of benzene rings is 2. The second-order valence-corrected chi connectivity index (χ2v) is 4.81. The number of methoxy groups -OCH3 is 1. The van der Waals surface area contributed by atoms with Gasteiger partial charge < -0.3 is 9.72 Å². The normalized spacial score (nSPS) is 10.7. The monoisotopic (exact) mass is 265 g/mol. The van der Waals surface area contributed by atoms with Crippen LogP contribution in [-0.4, -0.2) is 18.4 Å². The molecule has 0 radical (unpaired) electrons. The number of aromatic amines is 1. The van der Waals surface area contributed by atoms with Gasteiger partial charge in [0.25, 0.3) is 0 Å². The summed E-state index contributed by atoms with van der Waals surface area (Å²) < 4.78 is 5.24. The first-order valence-corrected chi connectivity index (χ1v) is 6.45. The van der Waals surface area contributed by atoms with Crippen LogP contribution in [0.15, 0.2) is 42.5 Å². The van der Waals surface area contributed by atoms with Crippen LogP contribution in [0.3, 0.4) is 0 Å². The number of carbonyl (C=O) groups is 1. The summed E-state index contributed by atoms with van der Waals surface area (Å²) in [6, 6.07) is 13.7. The first-order chi connectivity index (χ1) is 9.72. The lowest BCUT2D eigenvalue weighted by Gasteiger charge is -2.03. The third-order valence-electron chi connectivity index (χ3n) is 3.47. The van der Waals surface area contributed by atoms with Crippen LogP contribution in [0.1, 0.15) is 15.9 Å². The molecule has 0 aliphatic carbocycles. The van der Waals surface area contributed by atoms with E-state index >= 15 is 0 Å². The van der Waals surface area contributed by atoms with Crippen molar-refractivity contribution in [1.29, 1.82) is 0 Å². The Morgan fingerprint density at radius 3 is 2.75 bits per heavy atom. The minimum Gasteiger partial charge on any atom is -0.497 e. The lowest BCUT2D eigenvalue weighted by molar-refractivity contribution is 0.112. The van der Waals surface area contributed by atoms with Crippen molar-refractivity contribution in [3.8, 4) is 17.0 Å². The summed E-state index contributed by atoms with van der Waals surface area (Å²) in [5.74, 6) is 0.772. The average Bonchev–Trinajstić information content (AvgIpc) is 2.85. The number of aromatic nitrogens is 1. The number of carbonyl (C=O) groups excluding carboxylic acids is 1. The van der Waals surface area contributed by atoms with Crippen LogP contribution in [0.5, 0.6) is 5.75 Å². The Labute approximate surface area is 117 Å². The SMILES string of the molecule is COc1cccc(-c2[nH]c3ccc(C)cc3c2C=O)c1. The van der Waals surface area contributed by atoms with Gasteiger partial charge in [0.2, 0.25) is 0 Å². The lowest BCUT2D eigenvalue weighted by Crippen LogP contribution is -1.87. The second-order valence-electron chi connectivity index (χ2n) is 4.81. The minimum atomic E-state index is 0.692. The van der Waals surface area contributed by atoms with Gasteiger partial charge in [0, 0.05) is 22.0 Å². The molecule has 3 rings (SSSR count). The van der Waals surface area contributed by atoms with Gasteiger partial charge in [0.15, 0.2) is 6.29 Å². The van der Waals surface area contributed by atoms with Gasteiger partial charge in [0.05, 0.1) is 12.8 Å². The van der Waals surface area contributed by atoms with E-state index in [9.17, 15) is 4.79 Å². The first-order valence-electron chi connectivity index (χ1n) is 6.45. The molecule has 0 saturated heterocycles. The lowest BCUT2D eigenvalue weighted by atomic mass is 10.0. The van der Waals surface area contributed by atoms with Gasteiger partial charge in [-0.15, -0.1) is 0 Å². The molecule has 0 aliphatic rings. The molecule has 1 N–H and O–H groups in total. The van der Waals surface area contributed by atoms with Gasteiger partial charge in [-0.1, -0.05) is 23.8 Å². The van der Waals surface area contributed by atoms with Gasteiger partial charge in [-0.2, -0.15) is 0 Å². The molecule has 20 heavy (non-hydrogen) atoms. The zero-order valence-corrected chi connectivity index (χ0v) is 11.4. The standard InChI is InChI=1S/C17H15NO2/c1-11-6-7-16-14(8-11)15(10-19)17(18-16)12-4-3-5-13(9-12)20-2/h3-10,18H,1-2H3. The molecule has 1 aromatic heterocycles. The number of aryl methyl sites for hydroxylation is 1. The molecule has 3 nitrogen and oxygen atoms in total. The van der Waals surface area contributed by atoms with Crippen molar-refractivity contribution >= 4 is 17.2 Å². The van der Waals surface area contributed by atoms with Crippen LogP contribution in [0.25, 0.3) is 22.2 Å². The first kappa shape index (κ1) is 12.5. The van der Waals surface area contributed by atoms with Crippen molar-refractivity contribution in [2.75, 3.05) is 7.11 Å². The number of ether oxygens (including phenoxy) is 1. The molecular formula is C17H15NO2. The molecule has 3 aromatic rings. The zero-order chi connectivity index (χ0) is 14.1. The second kappa shape index (κ2) is 4.85. The van der Waals surface area contributed by atoms with E-state index < -0.39 is 0 Å². The van der Waals surface area contributed by atoms with E-state index in [-0.39, 0.29) is 0 Å². The van der Waals surface area contributed by atoms with E-state index in [0.29, 0.717) is 5.56 Å². The highest BCUT2D eigenvalue weighted by atomic mass is 16.5. The van der Waals surface area contributed by atoms with Crippen molar-refractivity contribution < 1.29 is 9.53 Å². The number of nitrogens with one attached hydrogen (secondary N) is 1. The molecule has 0 saturated carbocycles. The molecule has 0 bridgehead atoms. The van der Waals surface area contributed by atoms with Gasteiger partial charge in [-0.25, -0.2) is 0 Å². The highest BCUT2D eigenvalue weighted by Gasteiger charge is 2.13. The maximum absolute atomic E-state index is 11.5. The Morgan fingerprint density at radius 1 is 1.15 bits per heavy atom. The fraction of sp³-hybridized carbons (Fsp3) is 0.118. The van der Waals surface area contributed by atoms with Gasteiger partial charge in [0.1, 0.15) is 5.75 Å². The Kier molecular flexibility index (Phi) is 3.03. The number of H-pyrrole nitrogens is 1. The van der Waals surface area contributed by atoms with Crippen LogP contribution in [0, 0.1) is 6.92 Å². The van der Waals surface area contributed by atoms with Crippen LogP contribution >= 0.6 is 0 Å². The Balaban J connectivity index is 2.27. The molecule has 0 spiro atoms. The van der Waals surface area contributed by atoms with Crippen molar-refractivity contribution in [1.82, 2.24) is 4.98 Å². The summed E-state index contributed by atoms with van der Waals surface area (Å²) in [4.78, 5) is 14.8. The van der Waals surface area contributed by atoms with Gasteiger partial charge in [-0.3, -0.25) is 4.79 Å². The van der Waals surface area contributed by atoms with E-state index in [4.69, 9.17) is 4.74 Å². The van der Waals surface area contributed by atoms with Crippen LogP contribution < -0.4 is 4.74 Å². The molecule has 2 aromatic carbocycles. The van der Waals surface area contributed by atoms with Crippen LogP contribution in [0.4, 0.5) is 0 Å². The molecule has 0 atom stereocenters. The van der Waals surface area contributed by atoms with E-state index in [1.807, 2.05) is 49.4 Å². The molecule has 1 heterocycles. The smallest absolute Gasteiger partial charge is 0.152 e. The van der Waals surface area contributed by atoms with Gasteiger partial charge >= 0.3 is 0 Å². The molecule has 0 unspecified atom stereocenters. The predicted molar refractivity (Wildman–Crippen MR) is 80.4 cm³/mol. The maximum Gasteiger partial charge on any atom is 0.152 e. The topological polar surface area (TPSA) is 42.1 Å². The van der Waals surface area contributed by atoms with Crippen LogP contribution in [0.2, 0.25) is 0 Å². The number of fused-ring (bicyclic) bond motifs is 1. The Morgan fingerprint density at radius 2 is 2.00 bits per heavy atom. The highest BCUT2D eigenvalue weighted by Crippen LogP contribution is 2.31.